The molecule has 2 rings (SSSR count). The lowest BCUT2D eigenvalue weighted by Crippen LogP contribution is -2.17. The molecule has 2 N–H and O–H groups in total. The maximum absolute atomic E-state index is 5.57. The van der Waals surface area contributed by atoms with Crippen LogP contribution in [0.5, 0.6) is 0 Å². The van der Waals surface area contributed by atoms with Crippen LogP contribution in [0.25, 0.3) is 0 Å². The van der Waals surface area contributed by atoms with Crippen LogP contribution in [0.4, 0.5) is 5.82 Å². The molecule has 0 radical (unpaired) electrons. The number of nitrogens with zero attached hydrogens (tertiary/aromatic N) is 2. The second-order valence-corrected chi connectivity index (χ2v) is 3.38. The van der Waals surface area contributed by atoms with Crippen LogP contribution in [0.3, 0.4) is 0 Å². The van der Waals surface area contributed by atoms with Crippen molar-refractivity contribution in [2.45, 2.75) is 26.3 Å². The first-order valence-electron chi connectivity index (χ1n) is 4.07. The molecule has 3 heteroatoms. The van der Waals surface area contributed by atoms with Gasteiger partial charge in [0, 0.05) is 19.2 Å². The first-order chi connectivity index (χ1) is 5.25. The van der Waals surface area contributed by atoms with Gasteiger partial charge in [0.05, 0.1) is 0 Å². The highest BCUT2D eigenvalue weighted by Crippen LogP contribution is 2.19. The smallest absolute Gasteiger partial charge is 0.141 e. The molecule has 60 valence electrons. The molecule has 3 nitrogen and oxygen atoms in total. The quantitative estimate of drug-likeness (QED) is 0.602. The molecule has 2 heterocycles. The van der Waals surface area contributed by atoms with Gasteiger partial charge in [-0.15, -0.1) is 0 Å². The first kappa shape index (κ1) is 6.70. The molecule has 0 saturated heterocycles. The van der Waals surface area contributed by atoms with Gasteiger partial charge in [-0.25, -0.2) is 4.98 Å². The van der Waals surface area contributed by atoms with Crippen LogP contribution in [0.2, 0.25) is 0 Å². The molecule has 1 unspecified atom stereocenters. The third-order valence-electron chi connectivity index (χ3n) is 2.25. The van der Waals surface area contributed by atoms with Gasteiger partial charge < -0.3 is 10.3 Å². The van der Waals surface area contributed by atoms with Crippen LogP contribution < -0.4 is 5.73 Å². The van der Waals surface area contributed by atoms with Gasteiger partial charge in [0.25, 0.3) is 0 Å². The van der Waals surface area contributed by atoms with E-state index in [4.69, 9.17) is 5.73 Å². The fraction of sp³-hybridized carbons (Fsp3) is 0.625. The second-order valence-electron chi connectivity index (χ2n) is 3.38. The molecular formula is C8H13N3. The van der Waals surface area contributed by atoms with Crippen molar-refractivity contribution >= 4 is 5.82 Å². The molecule has 11 heavy (non-hydrogen) atoms. The maximum atomic E-state index is 5.57. The summed E-state index contributed by atoms with van der Waals surface area (Å²) in [6.07, 6.45) is 4.26. The zero-order valence-electron chi connectivity index (χ0n) is 6.75. The number of imidazole rings is 1. The predicted octanol–water partition coefficient (Wildman–Crippen LogP) is 1.05. The van der Waals surface area contributed by atoms with Gasteiger partial charge in [-0.2, -0.15) is 0 Å². The molecule has 1 aromatic rings. The number of aryl methyl sites for hydroxylation is 1. The van der Waals surface area contributed by atoms with E-state index in [2.05, 4.69) is 16.5 Å². The lowest BCUT2D eigenvalue weighted by molar-refractivity contribution is 0.394. The van der Waals surface area contributed by atoms with Crippen LogP contribution in [0.15, 0.2) is 6.20 Å². The van der Waals surface area contributed by atoms with Gasteiger partial charge in [-0.3, -0.25) is 0 Å². The van der Waals surface area contributed by atoms with Crippen LogP contribution >= 0.6 is 0 Å². The molecule has 1 atom stereocenters. The van der Waals surface area contributed by atoms with Gasteiger partial charge in [0.1, 0.15) is 11.6 Å². The minimum atomic E-state index is 0.661. The summed E-state index contributed by atoms with van der Waals surface area (Å²) in [5, 5.41) is 0. The van der Waals surface area contributed by atoms with Gasteiger partial charge in [-0.05, 0) is 12.3 Å². The molecule has 0 aromatic carbocycles. The summed E-state index contributed by atoms with van der Waals surface area (Å²) in [4.78, 5) is 4.23. The first-order valence-corrected chi connectivity index (χ1v) is 4.07. The fourth-order valence-corrected chi connectivity index (χ4v) is 1.64. The molecule has 0 spiro atoms. The highest BCUT2D eigenvalue weighted by atomic mass is 15.1. The molecule has 0 bridgehead atoms. The van der Waals surface area contributed by atoms with Gasteiger partial charge in [0.15, 0.2) is 0 Å². The summed E-state index contributed by atoms with van der Waals surface area (Å²) in [6.45, 7) is 3.35. The Morgan fingerprint density at radius 3 is 3.36 bits per heavy atom. The number of rotatable bonds is 0. The minimum Gasteiger partial charge on any atom is -0.382 e. The monoisotopic (exact) mass is 151 g/mol. The van der Waals surface area contributed by atoms with E-state index in [1.54, 1.807) is 0 Å². The Morgan fingerprint density at radius 1 is 1.73 bits per heavy atom. The summed E-state index contributed by atoms with van der Waals surface area (Å²) >= 11 is 0. The zero-order valence-corrected chi connectivity index (χ0v) is 6.75. The van der Waals surface area contributed by atoms with Gasteiger partial charge in [0.2, 0.25) is 0 Å². The normalized spacial score (nSPS) is 23.2. The highest BCUT2D eigenvalue weighted by Gasteiger charge is 2.15. The average Bonchev–Trinajstić information content (AvgIpc) is 2.27. The number of hydrogen-bond donors (Lipinski definition) is 1. The lowest BCUT2D eigenvalue weighted by Gasteiger charge is -2.19. The van der Waals surface area contributed by atoms with Crippen molar-refractivity contribution in [3.05, 3.63) is 12.0 Å². The molecule has 1 aliphatic heterocycles. The molecule has 1 aliphatic rings. The number of nitrogen functional groups attached to an aromatic ring is 1. The highest BCUT2D eigenvalue weighted by molar-refractivity contribution is 5.26. The van der Waals surface area contributed by atoms with Gasteiger partial charge in [-0.1, -0.05) is 6.92 Å². The van der Waals surface area contributed by atoms with E-state index in [0.717, 1.165) is 24.7 Å². The number of fused-ring (bicyclic) bond motifs is 1. The summed E-state index contributed by atoms with van der Waals surface area (Å²) in [5.41, 5.74) is 5.57. The summed E-state index contributed by atoms with van der Waals surface area (Å²) in [5.74, 6) is 2.59. The van der Waals surface area contributed by atoms with Crippen molar-refractivity contribution in [2.24, 2.45) is 5.92 Å². The average molecular weight is 151 g/mol. The van der Waals surface area contributed by atoms with E-state index in [9.17, 15) is 0 Å². The molecule has 1 aromatic heterocycles. The van der Waals surface area contributed by atoms with Crippen LogP contribution in [0, 0.1) is 5.92 Å². The van der Waals surface area contributed by atoms with E-state index in [1.165, 1.54) is 6.42 Å². The Balaban J connectivity index is 2.34. The van der Waals surface area contributed by atoms with E-state index in [1.807, 2.05) is 6.20 Å². The Morgan fingerprint density at radius 2 is 2.55 bits per heavy atom. The van der Waals surface area contributed by atoms with E-state index >= 15 is 0 Å². The zero-order chi connectivity index (χ0) is 7.84. The number of aromatic nitrogens is 2. The molecule has 0 saturated carbocycles. The second kappa shape index (κ2) is 2.26. The van der Waals surface area contributed by atoms with Crippen LogP contribution in [-0.4, -0.2) is 9.55 Å². The third kappa shape index (κ3) is 1.11. The number of hydrogen-bond acceptors (Lipinski definition) is 2. The van der Waals surface area contributed by atoms with E-state index < -0.39 is 0 Å². The Labute approximate surface area is 66.2 Å². The standard InChI is InChI=1S/C8H13N3/c1-6-2-3-8-10-7(9)5-11(8)4-6/h5-6H,2-4,9H2,1H3. The predicted molar refractivity (Wildman–Crippen MR) is 44.1 cm³/mol. The number of nitrogens with two attached hydrogens (primary N) is 1. The molecule has 0 amide bonds. The van der Waals surface area contributed by atoms with Gasteiger partial charge >= 0.3 is 0 Å². The largest absolute Gasteiger partial charge is 0.382 e. The summed E-state index contributed by atoms with van der Waals surface area (Å²) in [7, 11) is 0. The lowest BCUT2D eigenvalue weighted by atomic mass is 10.0. The van der Waals surface area contributed by atoms with Crippen molar-refractivity contribution in [1.82, 2.24) is 9.55 Å². The SMILES string of the molecule is CC1CCc2nc(N)cn2C1. The van der Waals surface area contributed by atoms with Crippen molar-refractivity contribution in [2.75, 3.05) is 5.73 Å². The fourth-order valence-electron chi connectivity index (χ4n) is 1.64. The Bertz CT molecular complexity index is 264. The van der Waals surface area contributed by atoms with E-state index in [-0.39, 0.29) is 0 Å². The maximum Gasteiger partial charge on any atom is 0.141 e. The molecule has 0 aliphatic carbocycles. The number of anilines is 1. The van der Waals surface area contributed by atoms with Crippen molar-refractivity contribution < 1.29 is 0 Å². The van der Waals surface area contributed by atoms with Crippen LogP contribution in [-0.2, 0) is 13.0 Å². The summed E-state index contributed by atoms with van der Waals surface area (Å²) in [6, 6.07) is 0. The molecule has 0 fully saturated rings. The van der Waals surface area contributed by atoms with Crippen molar-refractivity contribution in [3.8, 4) is 0 Å². The third-order valence-corrected chi connectivity index (χ3v) is 2.25. The van der Waals surface area contributed by atoms with Crippen molar-refractivity contribution in [3.63, 3.8) is 0 Å². The van der Waals surface area contributed by atoms with Crippen molar-refractivity contribution in [1.29, 1.82) is 0 Å². The summed E-state index contributed by atoms with van der Waals surface area (Å²) < 4.78 is 2.17. The van der Waals surface area contributed by atoms with Crippen LogP contribution in [0.1, 0.15) is 19.2 Å². The van der Waals surface area contributed by atoms with E-state index in [0.29, 0.717) is 5.82 Å². The Kier molecular flexibility index (Phi) is 1.37. The Hall–Kier alpha value is -0.990. The molecular weight excluding hydrogens is 138 g/mol. The topological polar surface area (TPSA) is 43.8 Å². The minimum absolute atomic E-state index is 0.661.